The van der Waals surface area contributed by atoms with Gasteiger partial charge in [0.15, 0.2) is 0 Å². The molecule has 230 valence electrons. The van der Waals surface area contributed by atoms with E-state index in [0.717, 1.165) is 10.9 Å². The first-order valence-electron chi connectivity index (χ1n) is 17.3. The monoisotopic (exact) mass is 631 g/mol. The first-order valence-corrected chi connectivity index (χ1v) is 17.3. The van der Waals surface area contributed by atoms with Gasteiger partial charge in [-0.15, -0.1) is 0 Å². The normalized spacial score (nSPS) is 12.0. The van der Waals surface area contributed by atoms with Gasteiger partial charge in [-0.2, -0.15) is 0 Å². The van der Waals surface area contributed by atoms with E-state index in [1.807, 2.05) is 12.3 Å². The van der Waals surface area contributed by atoms with Crippen molar-refractivity contribution < 1.29 is 0 Å². The molecule has 0 aliphatic heterocycles. The fraction of sp³-hybridized carbons (Fsp3) is 0. The van der Waals surface area contributed by atoms with Gasteiger partial charge in [-0.25, -0.2) is 0 Å². The highest BCUT2D eigenvalue weighted by Gasteiger charge is 2.16. The van der Waals surface area contributed by atoms with Crippen molar-refractivity contribution in [2.24, 2.45) is 0 Å². The molecule has 1 heterocycles. The summed E-state index contributed by atoms with van der Waals surface area (Å²) in [5.74, 6) is 0. The number of hydrogen-bond donors (Lipinski definition) is 0. The highest BCUT2D eigenvalue weighted by Crippen LogP contribution is 2.44. The lowest BCUT2D eigenvalue weighted by Crippen LogP contribution is -1.89. The van der Waals surface area contributed by atoms with E-state index in [9.17, 15) is 0 Å². The molecule has 0 aliphatic rings. The second-order valence-corrected chi connectivity index (χ2v) is 13.5. The SMILES string of the molecule is c1cnc2ccc(-c3ccc(-c4ccc(-c5cc6ccc7cccc8c9cccc%10ccc%11cccc(c(c5)c6c78)c%11c%109)cc4)cc3)cc2c1. The van der Waals surface area contributed by atoms with E-state index in [1.165, 1.54) is 98.0 Å². The Morgan fingerprint density at radius 1 is 0.260 bits per heavy atom. The largest absolute Gasteiger partial charge is 0.256 e. The average Bonchev–Trinajstić information content (AvgIpc) is 3.19. The quantitative estimate of drug-likeness (QED) is 0.177. The fourth-order valence-electron chi connectivity index (χ4n) is 8.42. The maximum atomic E-state index is 4.47. The molecule has 0 amide bonds. The average molecular weight is 632 g/mol. The Kier molecular flexibility index (Phi) is 5.73. The highest BCUT2D eigenvalue weighted by atomic mass is 14.6. The maximum absolute atomic E-state index is 4.47. The molecule has 0 N–H and O–H groups in total. The zero-order chi connectivity index (χ0) is 32.8. The minimum absolute atomic E-state index is 1.02. The van der Waals surface area contributed by atoms with E-state index in [0.29, 0.717) is 0 Å². The van der Waals surface area contributed by atoms with Crippen LogP contribution in [-0.2, 0) is 0 Å². The Morgan fingerprint density at radius 2 is 0.680 bits per heavy atom. The van der Waals surface area contributed by atoms with E-state index in [1.54, 1.807) is 0 Å². The van der Waals surface area contributed by atoms with Crippen molar-refractivity contribution in [1.29, 1.82) is 0 Å². The van der Waals surface area contributed by atoms with E-state index in [4.69, 9.17) is 0 Å². The van der Waals surface area contributed by atoms with E-state index < -0.39 is 0 Å². The van der Waals surface area contributed by atoms with Crippen molar-refractivity contribution in [3.05, 3.63) is 176 Å². The Hall–Kier alpha value is -6.57. The summed E-state index contributed by atoms with van der Waals surface area (Å²) in [5.41, 5.74) is 8.30. The molecule has 50 heavy (non-hydrogen) atoms. The third-order valence-electron chi connectivity index (χ3n) is 10.8. The van der Waals surface area contributed by atoms with Crippen LogP contribution in [0.15, 0.2) is 176 Å². The first-order chi connectivity index (χ1) is 24.8. The van der Waals surface area contributed by atoms with Gasteiger partial charge in [-0.1, -0.05) is 140 Å². The molecular formula is C49H29N. The molecule has 1 nitrogen and oxygen atoms in total. The zero-order valence-electron chi connectivity index (χ0n) is 27.2. The number of fused-ring (bicyclic) bond motifs is 3. The third kappa shape index (κ3) is 4.04. The first kappa shape index (κ1) is 27.4. The van der Waals surface area contributed by atoms with Crippen molar-refractivity contribution in [1.82, 2.24) is 4.98 Å². The van der Waals surface area contributed by atoms with Crippen LogP contribution >= 0.6 is 0 Å². The lowest BCUT2D eigenvalue weighted by Gasteiger charge is -2.17. The van der Waals surface area contributed by atoms with Gasteiger partial charge < -0.3 is 0 Å². The highest BCUT2D eigenvalue weighted by molar-refractivity contribution is 6.37. The molecular weight excluding hydrogens is 603 g/mol. The number of pyridine rings is 1. The number of benzene rings is 9. The van der Waals surface area contributed by atoms with Crippen LogP contribution in [0, 0.1) is 0 Å². The Balaban J connectivity index is 1.08. The molecule has 11 aromatic rings. The zero-order valence-corrected chi connectivity index (χ0v) is 27.2. The van der Waals surface area contributed by atoms with Crippen LogP contribution in [-0.4, -0.2) is 4.98 Å². The lowest BCUT2D eigenvalue weighted by molar-refractivity contribution is 1.41. The molecule has 0 bridgehead atoms. The summed E-state index contributed by atoms with van der Waals surface area (Å²) in [6.07, 6.45) is 1.84. The Bertz CT molecular complexity index is 3110. The maximum Gasteiger partial charge on any atom is 0.0702 e. The summed E-state index contributed by atoms with van der Waals surface area (Å²) in [5, 5.41) is 16.8. The van der Waals surface area contributed by atoms with Gasteiger partial charge in [0.25, 0.3) is 0 Å². The van der Waals surface area contributed by atoms with Crippen molar-refractivity contribution in [2.75, 3.05) is 0 Å². The topological polar surface area (TPSA) is 12.9 Å². The molecule has 11 rings (SSSR count). The summed E-state index contributed by atoms with van der Waals surface area (Å²) >= 11 is 0. The van der Waals surface area contributed by atoms with Gasteiger partial charge in [-0.3, -0.25) is 4.98 Å². The van der Waals surface area contributed by atoms with Crippen LogP contribution in [0.3, 0.4) is 0 Å². The molecule has 1 heteroatoms. The van der Waals surface area contributed by atoms with Crippen LogP contribution < -0.4 is 0 Å². The predicted molar refractivity (Wildman–Crippen MR) is 214 cm³/mol. The molecule has 1 aromatic heterocycles. The van der Waals surface area contributed by atoms with Crippen LogP contribution in [0.5, 0.6) is 0 Å². The number of rotatable bonds is 3. The molecule has 0 unspecified atom stereocenters. The second-order valence-electron chi connectivity index (χ2n) is 13.5. The third-order valence-corrected chi connectivity index (χ3v) is 10.8. The van der Waals surface area contributed by atoms with Gasteiger partial charge in [-0.05, 0) is 128 Å². The predicted octanol–water partition coefficient (Wildman–Crippen LogP) is 13.6. The fourth-order valence-corrected chi connectivity index (χ4v) is 8.42. The molecule has 0 spiro atoms. The molecule has 0 aliphatic carbocycles. The van der Waals surface area contributed by atoms with Gasteiger partial charge in [0.2, 0.25) is 0 Å². The van der Waals surface area contributed by atoms with E-state index >= 15 is 0 Å². The van der Waals surface area contributed by atoms with Gasteiger partial charge >= 0.3 is 0 Å². The molecule has 0 radical (unpaired) electrons. The summed E-state index contributed by atoms with van der Waals surface area (Å²) in [4.78, 5) is 4.47. The van der Waals surface area contributed by atoms with Gasteiger partial charge in [0.05, 0.1) is 5.52 Å². The molecule has 10 aromatic carbocycles. The Labute approximate surface area is 289 Å². The standard InChI is InChI=1S/C49H29N/c1-5-34-20-21-35-7-3-11-43-44-29-40(28-39-23-22-36-6-2-10-42(47(36)49(39)44)41(9-1)46(34)48(35)43)33-18-14-31(15-19-33)30-12-16-32(17-13-30)37-24-25-45-38(27-37)8-4-26-50-45/h1-29H. The number of aromatic nitrogens is 1. The minimum atomic E-state index is 1.02. The number of nitrogens with zero attached hydrogens (tertiary/aromatic N) is 1. The molecule has 0 saturated carbocycles. The summed E-state index contributed by atoms with van der Waals surface area (Å²) in [6.45, 7) is 0. The van der Waals surface area contributed by atoms with Crippen LogP contribution in [0.2, 0.25) is 0 Å². The molecule has 0 atom stereocenters. The smallest absolute Gasteiger partial charge is 0.0702 e. The minimum Gasteiger partial charge on any atom is -0.256 e. The number of hydrogen-bond acceptors (Lipinski definition) is 1. The summed E-state index contributed by atoms with van der Waals surface area (Å²) in [6, 6.07) is 62.9. The van der Waals surface area contributed by atoms with Crippen molar-refractivity contribution in [3.63, 3.8) is 0 Å². The van der Waals surface area contributed by atoms with Crippen molar-refractivity contribution >= 4 is 75.5 Å². The van der Waals surface area contributed by atoms with Crippen LogP contribution in [0.4, 0.5) is 0 Å². The molecule has 0 saturated heterocycles. The van der Waals surface area contributed by atoms with Crippen LogP contribution in [0.1, 0.15) is 0 Å². The second kappa shape index (κ2) is 10.5. The van der Waals surface area contributed by atoms with E-state index in [-0.39, 0.29) is 0 Å². The van der Waals surface area contributed by atoms with Crippen molar-refractivity contribution in [2.45, 2.75) is 0 Å². The van der Waals surface area contributed by atoms with E-state index in [2.05, 4.69) is 169 Å². The summed E-state index contributed by atoms with van der Waals surface area (Å²) < 4.78 is 0. The Morgan fingerprint density at radius 3 is 1.26 bits per heavy atom. The lowest BCUT2D eigenvalue weighted by atomic mass is 9.86. The summed E-state index contributed by atoms with van der Waals surface area (Å²) in [7, 11) is 0. The van der Waals surface area contributed by atoms with Gasteiger partial charge in [0.1, 0.15) is 0 Å². The van der Waals surface area contributed by atoms with Crippen molar-refractivity contribution in [3.8, 4) is 33.4 Å². The molecule has 0 fully saturated rings. The van der Waals surface area contributed by atoms with Crippen LogP contribution in [0.25, 0.3) is 109 Å². The van der Waals surface area contributed by atoms with Gasteiger partial charge in [0, 0.05) is 11.6 Å².